The molecule has 15 atom stereocenters. The summed E-state index contributed by atoms with van der Waals surface area (Å²) in [6.45, 7) is -1.27. The minimum absolute atomic E-state index is 0.0603. The lowest BCUT2D eigenvalue weighted by molar-refractivity contribution is -0.335. The van der Waals surface area contributed by atoms with Crippen molar-refractivity contribution in [3.8, 4) is 0 Å². The van der Waals surface area contributed by atoms with Gasteiger partial charge in [0.15, 0.2) is 12.6 Å². The van der Waals surface area contributed by atoms with E-state index in [4.69, 9.17) is 36.1 Å². The van der Waals surface area contributed by atoms with Crippen LogP contribution in [-0.2, 0) is 18.9 Å². The van der Waals surface area contributed by atoms with Gasteiger partial charge in [0.05, 0.1) is 19.3 Å². The van der Waals surface area contributed by atoms with Crippen LogP contribution in [0.2, 0.25) is 0 Å². The van der Waals surface area contributed by atoms with Gasteiger partial charge < -0.3 is 77.0 Å². The molecular formula is C18H35N3O12. The lowest BCUT2D eigenvalue weighted by Gasteiger charge is -2.48. The molecule has 15 unspecified atom stereocenters. The molecule has 0 spiro atoms. The van der Waals surface area contributed by atoms with Gasteiger partial charge in [0, 0.05) is 12.1 Å². The molecule has 2 aliphatic heterocycles. The van der Waals surface area contributed by atoms with E-state index in [1.165, 1.54) is 0 Å². The number of ether oxygens (including phenoxy) is 4. The van der Waals surface area contributed by atoms with Crippen LogP contribution in [0, 0.1) is 0 Å². The van der Waals surface area contributed by atoms with Crippen LogP contribution in [0.5, 0.6) is 0 Å². The minimum atomic E-state index is -1.72. The molecule has 3 fully saturated rings. The third-order valence-corrected chi connectivity index (χ3v) is 6.43. The fraction of sp³-hybridized carbons (Fsp3) is 1.00. The number of aliphatic hydroxyl groups is 8. The van der Waals surface area contributed by atoms with E-state index in [1.54, 1.807) is 0 Å². The third-order valence-electron chi connectivity index (χ3n) is 6.43. The van der Waals surface area contributed by atoms with E-state index in [1.807, 2.05) is 0 Å². The van der Waals surface area contributed by atoms with Gasteiger partial charge in [0.1, 0.15) is 61.0 Å². The van der Waals surface area contributed by atoms with Gasteiger partial charge in [-0.25, -0.2) is 0 Å². The van der Waals surface area contributed by atoms with E-state index in [2.05, 4.69) is 0 Å². The normalized spacial score (nSPS) is 53.7. The smallest absolute Gasteiger partial charge is 0.187 e. The number of hydrogen-bond acceptors (Lipinski definition) is 15. The predicted octanol–water partition coefficient (Wildman–Crippen LogP) is -7.26. The van der Waals surface area contributed by atoms with Crippen molar-refractivity contribution in [2.45, 2.75) is 98.2 Å². The molecule has 15 heteroatoms. The molecule has 0 amide bonds. The third kappa shape index (κ3) is 5.32. The molecule has 0 aromatic carbocycles. The van der Waals surface area contributed by atoms with Crippen molar-refractivity contribution >= 4 is 0 Å². The summed E-state index contributed by atoms with van der Waals surface area (Å²) < 4.78 is 22.0. The molecule has 0 radical (unpaired) electrons. The topological polar surface area (TPSA) is 277 Å². The van der Waals surface area contributed by atoms with Crippen LogP contribution < -0.4 is 17.2 Å². The molecule has 0 aromatic heterocycles. The molecule has 33 heavy (non-hydrogen) atoms. The molecule has 1 aliphatic carbocycles. The maximum atomic E-state index is 10.9. The van der Waals surface area contributed by atoms with Gasteiger partial charge >= 0.3 is 0 Å². The SMILES string of the molecule is NC1CC(N)C(OC2OC(CO)C(O)C(O)C2O)C(O)C1OC1OC(CO)C(O)C(N)C1O. The van der Waals surface area contributed by atoms with Crippen LogP contribution in [0.25, 0.3) is 0 Å². The van der Waals surface area contributed by atoms with Crippen molar-refractivity contribution in [2.75, 3.05) is 13.2 Å². The zero-order valence-corrected chi connectivity index (χ0v) is 17.7. The molecular weight excluding hydrogens is 450 g/mol. The summed E-state index contributed by atoms with van der Waals surface area (Å²) >= 11 is 0. The van der Waals surface area contributed by atoms with Gasteiger partial charge in [-0.05, 0) is 6.42 Å². The monoisotopic (exact) mass is 485 g/mol. The molecule has 15 nitrogen and oxygen atoms in total. The Balaban J connectivity index is 1.72. The summed E-state index contributed by atoms with van der Waals surface area (Å²) in [7, 11) is 0. The molecule has 0 aromatic rings. The van der Waals surface area contributed by atoms with E-state index in [0.717, 1.165) is 0 Å². The van der Waals surface area contributed by atoms with Crippen molar-refractivity contribution in [3.05, 3.63) is 0 Å². The highest BCUT2D eigenvalue weighted by Crippen LogP contribution is 2.31. The maximum absolute atomic E-state index is 10.9. The average molecular weight is 485 g/mol. The predicted molar refractivity (Wildman–Crippen MR) is 106 cm³/mol. The van der Waals surface area contributed by atoms with E-state index < -0.39 is 105 Å². The number of nitrogens with two attached hydrogens (primary N) is 3. The molecule has 3 rings (SSSR count). The minimum Gasteiger partial charge on any atom is -0.394 e. The zero-order valence-electron chi connectivity index (χ0n) is 17.7. The second-order valence-corrected chi connectivity index (χ2v) is 8.74. The zero-order chi connectivity index (χ0) is 24.6. The van der Waals surface area contributed by atoms with Crippen molar-refractivity contribution < 1.29 is 59.8 Å². The summed E-state index contributed by atoms with van der Waals surface area (Å²) in [6, 6.07) is -2.92. The highest BCUT2D eigenvalue weighted by atomic mass is 16.7. The molecule has 2 saturated heterocycles. The van der Waals surface area contributed by atoms with Gasteiger partial charge in [-0.15, -0.1) is 0 Å². The second-order valence-electron chi connectivity index (χ2n) is 8.74. The van der Waals surface area contributed by atoms with Crippen LogP contribution in [0.15, 0.2) is 0 Å². The average Bonchev–Trinajstić information content (AvgIpc) is 2.79. The summed E-state index contributed by atoms with van der Waals surface area (Å²) in [5.41, 5.74) is 17.9. The Kier molecular flexibility index (Phi) is 8.99. The number of hydrogen-bond donors (Lipinski definition) is 11. The molecule has 194 valence electrons. The maximum Gasteiger partial charge on any atom is 0.187 e. The van der Waals surface area contributed by atoms with Crippen molar-refractivity contribution in [1.29, 1.82) is 0 Å². The summed E-state index contributed by atoms with van der Waals surface area (Å²) in [6.07, 6.45) is -17.2. The van der Waals surface area contributed by atoms with E-state index in [0.29, 0.717) is 0 Å². The van der Waals surface area contributed by atoms with E-state index >= 15 is 0 Å². The first kappa shape index (κ1) is 27.0. The molecule has 14 N–H and O–H groups in total. The Morgan fingerprint density at radius 3 is 1.55 bits per heavy atom. The van der Waals surface area contributed by atoms with Crippen LogP contribution in [0.1, 0.15) is 6.42 Å². The standard InChI is InChI=1S/C18H35N3O12/c19-4-1-5(20)16(33-18-13(28)12(27)10(25)7(3-23)31-18)14(29)15(4)32-17-11(26)8(21)9(24)6(2-22)30-17/h4-18,22-29H,1-3,19-21H2. The number of aliphatic hydroxyl groups excluding tert-OH is 8. The quantitative estimate of drug-likeness (QED) is 0.167. The van der Waals surface area contributed by atoms with Crippen LogP contribution in [0.4, 0.5) is 0 Å². The Morgan fingerprint density at radius 2 is 1.06 bits per heavy atom. The van der Waals surface area contributed by atoms with Gasteiger partial charge in [-0.1, -0.05) is 0 Å². The Bertz CT molecular complexity index is 582. The largest absolute Gasteiger partial charge is 0.394 e. The molecule has 3 aliphatic rings. The first-order valence-electron chi connectivity index (χ1n) is 10.7. The van der Waals surface area contributed by atoms with Crippen molar-refractivity contribution in [2.24, 2.45) is 17.2 Å². The summed E-state index contributed by atoms with van der Waals surface area (Å²) in [5, 5.41) is 80.0. The molecule has 0 bridgehead atoms. The van der Waals surface area contributed by atoms with Gasteiger partial charge in [-0.2, -0.15) is 0 Å². The van der Waals surface area contributed by atoms with E-state index in [-0.39, 0.29) is 6.42 Å². The summed E-state index contributed by atoms with van der Waals surface area (Å²) in [5.74, 6) is 0. The van der Waals surface area contributed by atoms with Crippen LogP contribution >= 0.6 is 0 Å². The fourth-order valence-corrected chi connectivity index (χ4v) is 4.36. The fourth-order valence-electron chi connectivity index (χ4n) is 4.36. The first-order valence-corrected chi connectivity index (χ1v) is 10.7. The van der Waals surface area contributed by atoms with E-state index in [9.17, 15) is 40.9 Å². The number of rotatable bonds is 6. The van der Waals surface area contributed by atoms with Crippen LogP contribution in [-0.4, -0.2) is 146 Å². The van der Waals surface area contributed by atoms with Crippen molar-refractivity contribution in [1.82, 2.24) is 0 Å². The first-order chi connectivity index (χ1) is 15.5. The van der Waals surface area contributed by atoms with Gasteiger partial charge in [-0.3, -0.25) is 0 Å². The lowest BCUT2D eigenvalue weighted by Crippen LogP contribution is -2.68. The van der Waals surface area contributed by atoms with Crippen LogP contribution in [0.3, 0.4) is 0 Å². The van der Waals surface area contributed by atoms with Gasteiger partial charge in [0.25, 0.3) is 0 Å². The van der Waals surface area contributed by atoms with Crippen molar-refractivity contribution in [3.63, 3.8) is 0 Å². The highest BCUT2D eigenvalue weighted by Gasteiger charge is 2.51. The molecule has 2 heterocycles. The molecule has 1 saturated carbocycles. The van der Waals surface area contributed by atoms with Gasteiger partial charge in [0.2, 0.25) is 0 Å². The highest BCUT2D eigenvalue weighted by molar-refractivity contribution is 5.01. The summed E-state index contributed by atoms with van der Waals surface area (Å²) in [4.78, 5) is 0. The Morgan fingerprint density at radius 1 is 0.606 bits per heavy atom. The second kappa shape index (κ2) is 11.0. The lowest BCUT2D eigenvalue weighted by atomic mass is 9.84. The Labute approximate surface area is 189 Å². The Hall–Kier alpha value is -0.600.